The maximum Gasteiger partial charge on any atom is 0.329 e. The standard InChI is InChI=1S/C38H45ClN2O5/c1-4-34-45-32-19-25-18-26(17-23(2)22-44-31-11-16-40-30-10-5-7-24(3)35(30)31)37(29(25)21-33(32)46-34)12-14-38(15-13-37,36(42)43)41-28-9-6-8-27(39)20-28/h6,8-9,11,16,19-21,23-24,26,34,41H,4-5,7,10,12-15,17-18,22H2,1-3H3,(H,42,43)/t23-,24-,26+,34?,37?,38?/m1/s1. The summed E-state index contributed by atoms with van der Waals surface area (Å²) in [5, 5.41) is 14.5. The number of benzene rings is 2. The zero-order valence-corrected chi connectivity index (χ0v) is 27.9. The van der Waals surface area contributed by atoms with E-state index in [1.807, 2.05) is 24.4 Å². The maximum absolute atomic E-state index is 12.9. The molecule has 8 heteroatoms. The van der Waals surface area contributed by atoms with Crippen LogP contribution in [0, 0.1) is 11.8 Å². The average Bonchev–Trinajstić information content (AvgIpc) is 3.57. The van der Waals surface area contributed by atoms with Gasteiger partial charge in [-0.05, 0) is 128 Å². The highest BCUT2D eigenvalue weighted by atomic mass is 35.5. The van der Waals surface area contributed by atoms with Gasteiger partial charge in [0.2, 0.25) is 6.29 Å². The molecule has 0 saturated heterocycles. The Morgan fingerprint density at radius 1 is 1.15 bits per heavy atom. The second-order valence-electron chi connectivity index (χ2n) is 14.2. The summed E-state index contributed by atoms with van der Waals surface area (Å²) in [4.78, 5) is 17.5. The third kappa shape index (κ3) is 5.59. The van der Waals surface area contributed by atoms with E-state index in [4.69, 9.17) is 25.8 Å². The van der Waals surface area contributed by atoms with Gasteiger partial charge in [0, 0.05) is 34.6 Å². The molecule has 46 heavy (non-hydrogen) atoms. The number of hydrogen-bond acceptors (Lipinski definition) is 6. The lowest BCUT2D eigenvalue weighted by molar-refractivity contribution is -0.144. The van der Waals surface area contributed by atoms with Crippen molar-refractivity contribution < 1.29 is 24.1 Å². The van der Waals surface area contributed by atoms with Crippen LogP contribution in [0.25, 0.3) is 0 Å². The van der Waals surface area contributed by atoms with Crippen LogP contribution in [-0.4, -0.2) is 34.5 Å². The summed E-state index contributed by atoms with van der Waals surface area (Å²) < 4.78 is 18.8. The summed E-state index contributed by atoms with van der Waals surface area (Å²) in [5.74, 6) is 2.95. The van der Waals surface area contributed by atoms with Crippen molar-refractivity contribution in [2.24, 2.45) is 11.8 Å². The molecule has 2 aromatic carbocycles. The fourth-order valence-electron chi connectivity index (χ4n) is 8.77. The van der Waals surface area contributed by atoms with Crippen LogP contribution in [0.3, 0.4) is 0 Å². The molecular formula is C38H45ClN2O5. The number of ether oxygens (including phenoxy) is 3. The van der Waals surface area contributed by atoms with Crippen LogP contribution in [0.2, 0.25) is 5.02 Å². The largest absolute Gasteiger partial charge is 0.493 e. The van der Waals surface area contributed by atoms with Gasteiger partial charge in [-0.15, -0.1) is 0 Å². The Bertz CT molecular complexity index is 1620. The molecule has 3 aliphatic carbocycles. The number of carbonyl (C=O) groups is 1. The number of carboxylic acid groups (broad SMARTS) is 1. The topological polar surface area (TPSA) is 89.9 Å². The molecule has 244 valence electrons. The van der Waals surface area contributed by atoms with Gasteiger partial charge in [-0.3, -0.25) is 4.98 Å². The number of aromatic nitrogens is 1. The summed E-state index contributed by atoms with van der Waals surface area (Å²) in [6, 6.07) is 13.8. The number of nitrogens with zero attached hydrogens (tertiary/aromatic N) is 1. The Hall–Kier alpha value is -3.45. The first-order valence-electron chi connectivity index (χ1n) is 17.1. The van der Waals surface area contributed by atoms with Gasteiger partial charge in [0.05, 0.1) is 6.61 Å². The molecule has 7 nitrogen and oxygen atoms in total. The molecule has 1 fully saturated rings. The summed E-state index contributed by atoms with van der Waals surface area (Å²) >= 11 is 6.26. The Labute approximate surface area is 277 Å². The van der Waals surface area contributed by atoms with Crippen LogP contribution in [0.1, 0.15) is 100 Å². The van der Waals surface area contributed by atoms with E-state index >= 15 is 0 Å². The fourth-order valence-corrected chi connectivity index (χ4v) is 8.96. The van der Waals surface area contributed by atoms with Crippen molar-refractivity contribution in [2.75, 3.05) is 11.9 Å². The van der Waals surface area contributed by atoms with Gasteiger partial charge in [-0.2, -0.15) is 0 Å². The number of pyridine rings is 1. The summed E-state index contributed by atoms with van der Waals surface area (Å²) in [6.07, 6.45) is 10.3. The first-order chi connectivity index (χ1) is 22.2. The number of anilines is 1. The highest BCUT2D eigenvalue weighted by Gasteiger charge is 2.54. The lowest BCUT2D eigenvalue weighted by atomic mass is 9.59. The zero-order valence-electron chi connectivity index (χ0n) is 27.1. The number of aliphatic carboxylic acids is 1. The van der Waals surface area contributed by atoms with Crippen LogP contribution in [0.15, 0.2) is 48.7 Å². The zero-order chi connectivity index (χ0) is 32.1. The lowest BCUT2D eigenvalue weighted by Gasteiger charge is -2.47. The molecule has 4 aliphatic rings. The molecule has 0 bridgehead atoms. The van der Waals surface area contributed by atoms with Crippen LogP contribution >= 0.6 is 11.6 Å². The van der Waals surface area contributed by atoms with Crippen molar-refractivity contribution in [3.63, 3.8) is 0 Å². The molecule has 2 N–H and O–H groups in total. The van der Waals surface area contributed by atoms with E-state index in [2.05, 4.69) is 43.2 Å². The normalized spacial score (nSPS) is 28.4. The number of hydrogen-bond donors (Lipinski definition) is 2. The predicted molar refractivity (Wildman–Crippen MR) is 179 cm³/mol. The van der Waals surface area contributed by atoms with Crippen molar-refractivity contribution in [3.05, 3.63) is 76.1 Å². The molecule has 1 saturated carbocycles. The van der Waals surface area contributed by atoms with E-state index in [0.29, 0.717) is 42.2 Å². The maximum atomic E-state index is 12.9. The number of aryl methyl sites for hydroxylation is 1. The van der Waals surface area contributed by atoms with Gasteiger partial charge in [0.15, 0.2) is 11.5 Å². The number of fused-ring (bicyclic) bond motifs is 4. The first kappa shape index (κ1) is 31.2. The Morgan fingerprint density at radius 2 is 1.93 bits per heavy atom. The lowest BCUT2D eigenvalue weighted by Crippen LogP contribution is -2.53. The van der Waals surface area contributed by atoms with Gasteiger partial charge in [0.1, 0.15) is 11.3 Å². The molecule has 1 unspecified atom stereocenters. The number of rotatable bonds is 9. The van der Waals surface area contributed by atoms with Crippen LogP contribution in [-0.2, 0) is 23.1 Å². The van der Waals surface area contributed by atoms with Crippen molar-refractivity contribution in [3.8, 4) is 17.2 Å². The quantitative estimate of drug-likeness (QED) is 0.241. The van der Waals surface area contributed by atoms with Crippen molar-refractivity contribution in [1.82, 2.24) is 4.98 Å². The molecule has 0 radical (unpaired) electrons. The molecule has 1 spiro atoms. The van der Waals surface area contributed by atoms with E-state index < -0.39 is 11.5 Å². The van der Waals surface area contributed by atoms with Gasteiger partial charge in [0.25, 0.3) is 0 Å². The van der Waals surface area contributed by atoms with E-state index in [1.165, 1.54) is 35.2 Å². The molecule has 1 aromatic heterocycles. The Kier molecular flexibility index (Phi) is 8.33. The fraction of sp³-hybridized carbons (Fsp3) is 0.526. The molecular weight excluding hydrogens is 600 g/mol. The van der Waals surface area contributed by atoms with Crippen molar-refractivity contribution >= 4 is 23.3 Å². The minimum atomic E-state index is -1.06. The third-order valence-electron chi connectivity index (χ3n) is 11.2. The molecule has 7 rings (SSSR count). The van der Waals surface area contributed by atoms with Gasteiger partial charge in [-0.25, -0.2) is 4.79 Å². The number of nitrogens with one attached hydrogen (secondary N) is 1. The van der Waals surface area contributed by atoms with Crippen LogP contribution < -0.4 is 19.5 Å². The van der Waals surface area contributed by atoms with E-state index in [-0.39, 0.29) is 11.7 Å². The molecule has 1 aliphatic heterocycles. The second kappa shape index (κ2) is 12.3. The molecule has 0 amide bonds. The van der Waals surface area contributed by atoms with Crippen LogP contribution in [0.4, 0.5) is 5.69 Å². The van der Waals surface area contributed by atoms with Gasteiger partial charge < -0.3 is 24.6 Å². The van der Waals surface area contributed by atoms with Crippen molar-refractivity contribution in [1.29, 1.82) is 0 Å². The van der Waals surface area contributed by atoms with E-state index in [1.54, 1.807) is 12.1 Å². The molecule has 2 heterocycles. The third-order valence-corrected chi connectivity index (χ3v) is 11.4. The average molecular weight is 645 g/mol. The van der Waals surface area contributed by atoms with Gasteiger partial charge in [-0.1, -0.05) is 38.4 Å². The highest BCUT2D eigenvalue weighted by molar-refractivity contribution is 6.30. The number of carboxylic acids is 1. The minimum Gasteiger partial charge on any atom is -0.493 e. The predicted octanol–water partition coefficient (Wildman–Crippen LogP) is 8.71. The van der Waals surface area contributed by atoms with Crippen molar-refractivity contribution in [2.45, 2.75) is 108 Å². The monoisotopic (exact) mass is 644 g/mol. The van der Waals surface area contributed by atoms with E-state index in [9.17, 15) is 9.90 Å². The molecule has 3 aromatic rings. The molecule has 4 atom stereocenters. The summed E-state index contributed by atoms with van der Waals surface area (Å²) in [5.41, 5.74) is 4.62. The summed E-state index contributed by atoms with van der Waals surface area (Å²) in [6.45, 7) is 7.27. The summed E-state index contributed by atoms with van der Waals surface area (Å²) in [7, 11) is 0. The second-order valence-corrected chi connectivity index (χ2v) is 14.7. The SMILES string of the molecule is CCC1Oc2cc3c(cc2O1)C1(CCC(Nc2cccc(Cl)c2)(C(=O)O)CC1)[C@@H](C[C@@H](C)COc1ccnc2c1[C@H](C)CCC2)C3. The Balaban J connectivity index is 1.14. The first-order valence-corrected chi connectivity index (χ1v) is 17.5. The van der Waals surface area contributed by atoms with Gasteiger partial charge >= 0.3 is 5.97 Å². The highest BCUT2D eigenvalue weighted by Crippen LogP contribution is 2.58. The minimum absolute atomic E-state index is 0.147. The smallest absolute Gasteiger partial charge is 0.329 e. The number of halogens is 1. The Morgan fingerprint density at radius 3 is 2.67 bits per heavy atom. The van der Waals surface area contributed by atoms with E-state index in [0.717, 1.165) is 61.5 Å². The van der Waals surface area contributed by atoms with Crippen LogP contribution in [0.5, 0.6) is 17.2 Å².